The molecule has 1 aromatic carbocycles. The highest BCUT2D eigenvalue weighted by molar-refractivity contribution is 6.31. The number of aryl methyl sites for hydroxylation is 1. The summed E-state index contributed by atoms with van der Waals surface area (Å²) < 4.78 is 2.14. The van der Waals surface area contributed by atoms with E-state index in [1.807, 2.05) is 36.7 Å². The second-order valence-corrected chi connectivity index (χ2v) is 4.35. The van der Waals surface area contributed by atoms with Crippen molar-refractivity contribution in [1.82, 2.24) is 9.55 Å². The number of hydrogen-bond acceptors (Lipinski definition) is 2. The largest absolute Gasteiger partial charge is 0.335 e. The van der Waals surface area contributed by atoms with E-state index in [0.29, 0.717) is 6.54 Å². The molecule has 0 atom stereocenters. The van der Waals surface area contributed by atoms with Crippen molar-refractivity contribution < 1.29 is 0 Å². The average molecular weight is 250 g/mol. The summed E-state index contributed by atoms with van der Waals surface area (Å²) in [6.07, 6.45) is 5.54. The minimum absolute atomic E-state index is 0.698. The fourth-order valence-corrected chi connectivity index (χ4v) is 1.99. The van der Waals surface area contributed by atoms with Crippen molar-refractivity contribution in [2.24, 2.45) is 5.73 Å². The molecular weight excluding hydrogens is 234 g/mol. The number of aromatic nitrogens is 2. The van der Waals surface area contributed by atoms with Gasteiger partial charge < -0.3 is 10.3 Å². The van der Waals surface area contributed by atoms with Gasteiger partial charge in [0.25, 0.3) is 0 Å². The summed E-state index contributed by atoms with van der Waals surface area (Å²) in [4.78, 5) is 4.37. The minimum Gasteiger partial charge on any atom is -0.335 e. The van der Waals surface area contributed by atoms with E-state index in [9.17, 15) is 0 Å². The number of nitrogens with zero attached hydrogens (tertiary/aromatic N) is 2. The highest BCUT2D eigenvalue weighted by Crippen LogP contribution is 2.18. The predicted molar refractivity (Wildman–Crippen MR) is 70.2 cm³/mol. The topological polar surface area (TPSA) is 43.8 Å². The number of benzene rings is 1. The van der Waals surface area contributed by atoms with E-state index >= 15 is 0 Å². The molecule has 0 saturated carbocycles. The lowest BCUT2D eigenvalue weighted by atomic mass is 10.1. The van der Waals surface area contributed by atoms with Crippen molar-refractivity contribution in [1.29, 1.82) is 0 Å². The molecule has 3 nitrogen and oxygen atoms in total. The lowest BCUT2D eigenvalue weighted by molar-refractivity contribution is 0.624. The molecule has 0 fully saturated rings. The van der Waals surface area contributed by atoms with Crippen LogP contribution in [-0.2, 0) is 13.0 Å². The average Bonchev–Trinajstić information content (AvgIpc) is 2.77. The molecule has 4 heteroatoms. The van der Waals surface area contributed by atoms with Crippen LogP contribution in [0.5, 0.6) is 0 Å². The van der Waals surface area contributed by atoms with Crippen LogP contribution < -0.4 is 5.73 Å². The van der Waals surface area contributed by atoms with Crippen LogP contribution in [0.1, 0.15) is 17.8 Å². The first-order valence-corrected chi connectivity index (χ1v) is 6.12. The maximum absolute atomic E-state index is 6.14. The Balaban J connectivity index is 2.13. The van der Waals surface area contributed by atoms with E-state index in [4.69, 9.17) is 17.3 Å². The molecule has 0 amide bonds. The fourth-order valence-electron chi connectivity index (χ4n) is 1.78. The quantitative estimate of drug-likeness (QED) is 0.885. The molecule has 17 heavy (non-hydrogen) atoms. The van der Waals surface area contributed by atoms with E-state index in [0.717, 1.165) is 35.8 Å². The summed E-state index contributed by atoms with van der Waals surface area (Å²) in [5.74, 6) is 1.03. The molecule has 0 saturated heterocycles. The molecule has 0 spiro atoms. The maximum atomic E-state index is 6.14. The Morgan fingerprint density at radius 2 is 2.12 bits per heavy atom. The number of imidazole rings is 1. The molecule has 0 bridgehead atoms. The third-order valence-electron chi connectivity index (χ3n) is 2.71. The Kier molecular flexibility index (Phi) is 4.18. The first-order valence-electron chi connectivity index (χ1n) is 5.74. The Morgan fingerprint density at radius 1 is 1.29 bits per heavy atom. The molecule has 1 heterocycles. The van der Waals surface area contributed by atoms with Gasteiger partial charge >= 0.3 is 0 Å². The summed E-state index contributed by atoms with van der Waals surface area (Å²) in [5, 5.41) is 0.792. The van der Waals surface area contributed by atoms with E-state index in [-0.39, 0.29) is 0 Å². The highest BCUT2D eigenvalue weighted by atomic mass is 35.5. The zero-order valence-corrected chi connectivity index (χ0v) is 10.4. The lowest BCUT2D eigenvalue weighted by Crippen LogP contribution is -2.08. The van der Waals surface area contributed by atoms with Gasteiger partial charge in [0.05, 0.1) is 0 Å². The van der Waals surface area contributed by atoms with Crippen molar-refractivity contribution >= 4 is 11.6 Å². The van der Waals surface area contributed by atoms with Crippen molar-refractivity contribution in [3.8, 4) is 0 Å². The number of rotatable bonds is 5. The Bertz CT molecular complexity index is 479. The summed E-state index contributed by atoms with van der Waals surface area (Å²) >= 11 is 6.14. The zero-order valence-electron chi connectivity index (χ0n) is 9.64. The second-order valence-electron chi connectivity index (χ2n) is 3.95. The molecule has 2 aromatic rings. The second kappa shape index (κ2) is 5.84. The van der Waals surface area contributed by atoms with E-state index < -0.39 is 0 Å². The summed E-state index contributed by atoms with van der Waals surface area (Å²) in [6, 6.07) is 7.87. The first-order chi connectivity index (χ1) is 8.31. The normalized spacial score (nSPS) is 10.7. The van der Waals surface area contributed by atoms with Gasteiger partial charge in [-0.25, -0.2) is 4.98 Å². The fraction of sp³-hybridized carbons (Fsp3) is 0.308. The Labute approximate surface area is 106 Å². The van der Waals surface area contributed by atoms with Crippen LogP contribution in [0.2, 0.25) is 5.02 Å². The van der Waals surface area contributed by atoms with Crippen molar-refractivity contribution in [2.45, 2.75) is 19.4 Å². The SMILES string of the molecule is NCCCn1ccnc1Cc1ccccc1Cl. The number of hydrogen-bond donors (Lipinski definition) is 1. The molecule has 0 aliphatic rings. The van der Waals surface area contributed by atoms with Gasteiger partial charge in [-0.1, -0.05) is 29.8 Å². The monoisotopic (exact) mass is 249 g/mol. The third kappa shape index (κ3) is 3.08. The summed E-state index contributed by atoms with van der Waals surface area (Å²) in [7, 11) is 0. The molecule has 0 unspecified atom stereocenters. The molecule has 2 rings (SSSR count). The molecule has 0 radical (unpaired) electrons. The van der Waals surface area contributed by atoms with E-state index in [1.54, 1.807) is 0 Å². The van der Waals surface area contributed by atoms with Crippen LogP contribution in [-0.4, -0.2) is 16.1 Å². The highest BCUT2D eigenvalue weighted by Gasteiger charge is 2.06. The summed E-state index contributed by atoms with van der Waals surface area (Å²) in [6.45, 7) is 1.61. The molecule has 0 aliphatic heterocycles. The van der Waals surface area contributed by atoms with Crippen molar-refractivity contribution in [3.63, 3.8) is 0 Å². The first kappa shape index (κ1) is 12.1. The van der Waals surface area contributed by atoms with Gasteiger partial charge in [-0.15, -0.1) is 0 Å². The van der Waals surface area contributed by atoms with Gasteiger partial charge in [0.15, 0.2) is 0 Å². The van der Waals surface area contributed by atoms with Crippen LogP contribution in [0.25, 0.3) is 0 Å². The standard InChI is InChI=1S/C13H16ClN3/c14-12-5-2-1-4-11(12)10-13-16-7-9-17(13)8-3-6-15/h1-2,4-5,7,9H,3,6,8,10,15H2. The summed E-state index contributed by atoms with van der Waals surface area (Å²) in [5.41, 5.74) is 6.62. The molecule has 0 aliphatic carbocycles. The van der Waals surface area contributed by atoms with Crippen LogP contribution in [0.4, 0.5) is 0 Å². The van der Waals surface area contributed by atoms with Gasteiger partial charge in [-0.05, 0) is 24.6 Å². The number of nitrogens with two attached hydrogens (primary N) is 1. The van der Waals surface area contributed by atoms with Crippen LogP contribution in [0.3, 0.4) is 0 Å². The molecule has 90 valence electrons. The molecular formula is C13H16ClN3. The smallest absolute Gasteiger partial charge is 0.113 e. The van der Waals surface area contributed by atoms with Gasteiger partial charge in [-0.2, -0.15) is 0 Å². The van der Waals surface area contributed by atoms with Crippen molar-refractivity contribution in [3.05, 3.63) is 53.1 Å². The zero-order chi connectivity index (χ0) is 12.1. The Hall–Kier alpha value is -1.32. The van der Waals surface area contributed by atoms with Crippen LogP contribution >= 0.6 is 11.6 Å². The van der Waals surface area contributed by atoms with E-state index in [1.165, 1.54) is 0 Å². The number of halogens is 1. The van der Waals surface area contributed by atoms with Gasteiger partial charge in [0.1, 0.15) is 5.82 Å². The molecule has 1 aromatic heterocycles. The van der Waals surface area contributed by atoms with Gasteiger partial charge in [-0.3, -0.25) is 0 Å². The van der Waals surface area contributed by atoms with Crippen LogP contribution in [0, 0.1) is 0 Å². The van der Waals surface area contributed by atoms with Crippen molar-refractivity contribution in [2.75, 3.05) is 6.54 Å². The minimum atomic E-state index is 0.698. The van der Waals surface area contributed by atoms with Crippen LogP contribution in [0.15, 0.2) is 36.7 Å². The molecule has 2 N–H and O–H groups in total. The van der Waals surface area contributed by atoms with Gasteiger partial charge in [0, 0.05) is 30.4 Å². The lowest BCUT2D eigenvalue weighted by Gasteiger charge is -2.08. The third-order valence-corrected chi connectivity index (χ3v) is 3.08. The Morgan fingerprint density at radius 3 is 2.88 bits per heavy atom. The van der Waals surface area contributed by atoms with Gasteiger partial charge in [0.2, 0.25) is 0 Å². The maximum Gasteiger partial charge on any atom is 0.113 e. The van der Waals surface area contributed by atoms with E-state index in [2.05, 4.69) is 9.55 Å². The predicted octanol–water partition coefficient (Wildman–Crippen LogP) is 2.48.